The number of hydrogen-bond acceptors (Lipinski definition) is 4. The smallest absolute Gasteiger partial charge is 0.308 e. The first-order valence-electron chi connectivity index (χ1n) is 10.6. The second-order valence-corrected chi connectivity index (χ2v) is 16.2. The molecule has 28 heavy (non-hydrogen) atoms. The first-order valence-corrected chi connectivity index (χ1v) is 13.5. The van der Waals surface area contributed by atoms with E-state index >= 15 is 0 Å². The van der Waals surface area contributed by atoms with Gasteiger partial charge in [0.2, 0.25) is 0 Å². The van der Waals surface area contributed by atoms with Gasteiger partial charge in [-0.15, -0.1) is 6.58 Å². The van der Waals surface area contributed by atoms with E-state index < -0.39 is 13.9 Å². The molecule has 0 amide bonds. The summed E-state index contributed by atoms with van der Waals surface area (Å²) in [7, 11) is -1.99. The first kappa shape index (κ1) is 20.4. The average molecular weight is 405 g/mol. The summed E-state index contributed by atoms with van der Waals surface area (Å²) >= 11 is 0. The van der Waals surface area contributed by atoms with Gasteiger partial charge in [-0.1, -0.05) is 52.8 Å². The maximum atomic E-state index is 12.0. The number of ether oxygens (including phenoxy) is 2. The van der Waals surface area contributed by atoms with E-state index in [0.717, 1.165) is 0 Å². The topological polar surface area (TPSA) is 44.8 Å². The molecule has 0 N–H and O–H groups in total. The van der Waals surface area contributed by atoms with Crippen molar-refractivity contribution in [2.45, 2.75) is 90.0 Å². The Morgan fingerprint density at radius 3 is 2.50 bits per heavy atom. The lowest BCUT2D eigenvalue weighted by atomic mass is 9.61. The standard InChI is InChI=1S/C23H36O4Si/c1-10-15-21(5)12-11-16(27-28(8,9)20(2,3)4)22(15,6)23(7)19(21)18-14(26-23)13-17(24)25-18/h10-12,14-16,18-19H,1,13H2,2-9H3/t14-,15?,16+,18+,19-,21?,22?,23-/m1/s1. The maximum Gasteiger partial charge on any atom is 0.308 e. The van der Waals surface area contributed by atoms with Crippen LogP contribution in [0.15, 0.2) is 24.8 Å². The molecule has 3 fully saturated rings. The minimum absolute atomic E-state index is 0.0472. The van der Waals surface area contributed by atoms with Crippen molar-refractivity contribution in [3.05, 3.63) is 24.8 Å². The van der Waals surface area contributed by atoms with Crippen molar-refractivity contribution in [1.29, 1.82) is 0 Å². The molecular formula is C23H36O4Si. The highest BCUT2D eigenvalue weighted by Crippen LogP contribution is 2.73. The third-order valence-corrected chi connectivity index (χ3v) is 13.5. The number of allylic oxidation sites excluding steroid dienone is 2. The molecule has 2 bridgehead atoms. The quantitative estimate of drug-likeness (QED) is 0.383. The minimum atomic E-state index is -1.99. The van der Waals surface area contributed by atoms with Gasteiger partial charge in [-0.05, 0) is 31.0 Å². The van der Waals surface area contributed by atoms with E-state index in [0.29, 0.717) is 6.42 Å². The van der Waals surface area contributed by atoms with Gasteiger partial charge in [-0.25, -0.2) is 0 Å². The predicted molar refractivity (Wildman–Crippen MR) is 112 cm³/mol. The largest absolute Gasteiger partial charge is 0.459 e. The van der Waals surface area contributed by atoms with Gasteiger partial charge >= 0.3 is 5.97 Å². The fourth-order valence-electron chi connectivity index (χ4n) is 6.52. The molecule has 4 nitrogen and oxygen atoms in total. The van der Waals surface area contributed by atoms with Gasteiger partial charge in [0, 0.05) is 16.7 Å². The third-order valence-electron chi connectivity index (χ3n) is 9.06. The summed E-state index contributed by atoms with van der Waals surface area (Å²) in [6.07, 6.45) is 6.65. The Labute approximate surface area is 170 Å². The van der Waals surface area contributed by atoms with Gasteiger partial charge in [0.25, 0.3) is 0 Å². The highest BCUT2D eigenvalue weighted by atomic mass is 28.4. The van der Waals surface area contributed by atoms with Crippen LogP contribution < -0.4 is 0 Å². The molecule has 2 heterocycles. The van der Waals surface area contributed by atoms with E-state index in [-0.39, 0.29) is 52.0 Å². The van der Waals surface area contributed by atoms with Gasteiger partial charge < -0.3 is 13.9 Å². The lowest BCUT2D eigenvalue weighted by Gasteiger charge is -2.52. The first-order chi connectivity index (χ1) is 12.7. The molecule has 156 valence electrons. The Morgan fingerprint density at radius 2 is 1.93 bits per heavy atom. The van der Waals surface area contributed by atoms with E-state index in [1.54, 1.807) is 0 Å². The lowest BCUT2D eigenvalue weighted by Crippen LogP contribution is -2.57. The second kappa shape index (κ2) is 5.61. The predicted octanol–water partition coefficient (Wildman–Crippen LogP) is 4.86. The summed E-state index contributed by atoms with van der Waals surface area (Å²) in [5.74, 6) is 0.157. The van der Waals surface area contributed by atoms with Crippen molar-refractivity contribution < 1.29 is 18.7 Å². The van der Waals surface area contributed by atoms with E-state index in [1.165, 1.54) is 0 Å². The highest BCUT2D eigenvalue weighted by Gasteiger charge is 2.79. The monoisotopic (exact) mass is 404 g/mol. The van der Waals surface area contributed by atoms with Crippen LogP contribution in [0.1, 0.15) is 48.0 Å². The molecule has 2 saturated heterocycles. The minimum Gasteiger partial charge on any atom is -0.459 e. The number of hydrogen-bond donors (Lipinski definition) is 0. The van der Waals surface area contributed by atoms with Crippen molar-refractivity contribution in [2.75, 3.05) is 0 Å². The molecule has 8 atom stereocenters. The second-order valence-electron chi connectivity index (χ2n) is 11.4. The van der Waals surface area contributed by atoms with Crippen molar-refractivity contribution in [3.63, 3.8) is 0 Å². The molecule has 2 aliphatic carbocycles. The molecule has 0 spiro atoms. The Bertz CT molecular complexity index is 752. The average Bonchev–Trinajstić information content (AvgIpc) is 3.04. The maximum absolute atomic E-state index is 12.0. The van der Waals surface area contributed by atoms with Gasteiger partial charge in [-0.2, -0.15) is 0 Å². The molecule has 5 heteroatoms. The van der Waals surface area contributed by atoms with E-state index in [1.807, 2.05) is 0 Å². The van der Waals surface area contributed by atoms with Crippen molar-refractivity contribution in [3.8, 4) is 0 Å². The van der Waals surface area contributed by atoms with Crippen molar-refractivity contribution in [1.82, 2.24) is 0 Å². The van der Waals surface area contributed by atoms with Gasteiger partial charge in [-0.3, -0.25) is 4.79 Å². The molecular weight excluding hydrogens is 368 g/mol. The number of carbonyl (C=O) groups is 1. The van der Waals surface area contributed by atoms with Crippen LogP contribution in [0, 0.1) is 22.7 Å². The number of rotatable bonds is 3. The molecule has 0 aromatic rings. The zero-order valence-corrected chi connectivity index (χ0v) is 19.7. The number of fused-ring (bicyclic) bond motifs is 7. The molecule has 3 unspecified atom stereocenters. The molecule has 0 radical (unpaired) electrons. The van der Waals surface area contributed by atoms with Crippen LogP contribution in [-0.4, -0.2) is 38.2 Å². The van der Waals surface area contributed by atoms with Gasteiger partial charge in [0.05, 0.1) is 18.1 Å². The van der Waals surface area contributed by atoms with E-state index in [9.17, 15) is 4.79 Å². The van der Waals surface area contributed by atoms with Crippen LogP contribution in [0.5, 0.6) is 0 Å². The van der Waals surface area contributed by atoms with Crippen LogP contribution in [0.3, 0.4) is 0 Å². The van der Waals surface area contributed by atoms with Crippen molar-refractivity contribution in [2.24, 2.45) is 22.7 Å². The SMILES string of the molecule is C=CC1C2(C)C=C[C@H](O[Si](C)(C)C(C)(C)C)C1(C)[C@]1(C)O[C@@H]3CC(=O)O[C@@H]3[C@H]21. The molecule has 2 aliphatic heterocycles. The molecule has 4 aliphatic rings. The fraction of sp³-hybridized carbons (Fsp3) is 0.783. The normalized spacial score (nSPS) is 49.7. The summed E-state index contributed by atoms with van der Waals surface area (Å²) in [6.45, 7) is 22.5. The summed E-state index contributed by atoms with van der Waals surface area (Å²) in [5.41, 5.74) is -0.870. The fourth-order valence-corrected chi connectivity index (χ4v) is 7.83. The van der Waals surface area contributed by atoms with Crippen LogP contribution >= 0.6 is 0 Å². The van der Waals surface area contributed by atoms with Crippen LogP contribution in [0.4, 0.5) is 0 Å². The summed E-state index contributed by atoms with van der Waals surface area (Å²) in [4.78, 5) is 12.0. The number of esters is 1. The third kappa shape index (κ3) is 2.21. The molecule has 0 aromatic heterocycles. The van der Waals surface area contributed by atoms with E-state index in [4.69, 9.17) is 13.9 Å². The van der Waals surface area contributed by atoms with Crippen molar-refractivity contribution >= 4 is 14.3 Å². The van der Waals surface area contributed by atoms with Gasteiger partial charge in [0.1, 0.15) is 12.2 Å². The zero-order valence-electron chi connectivity index (χ0n) is 18.7. The summed E-state index contributed by atoms with van der Waals surface area (Å²) in [5, 5.41) is 0.128. The lowest BCUT2D eigenvalue weighted by molar-refractivity contribution is -0.151. The summed E-state index contributed by atoms with van der Waals surface area (Å²) < 4.78 is 19.5. The highest BCUT2D eigenvalue weighted by molar-refractivity contribution is 6.74. The van der Waals surface area contributed by atoms with Crippen LogP contribution in [0.2, 0.25) is 18.1 Å². The zero-order chi connectivity index (χ0) is 20.9. The molecule has 0 aromatic carbocycles. The Kier molecular flexibility index (Phi) is 4.08. The van der Waals surface area contributed by atoms with Crippen LogP contribution in [-0.2, 0) is 18.7 Å². The van der Waals surface area contributed by atoms with Crippen LogP contribution in [0.25, 0.3) is 0 Å². The van der Waals surface area contributed by atoms with Gasteiger partial charge in [0.15, 0.2) is 8.32 Å². The Balaban J connectivity index is 1.81. The summed E-state index contributed by atoms with van der Waals surface area (Å²) in [6, 6.07) is 0. The Morgan fingerprint density at radius 1 is 1.29 bits per heavy atom. The Hall–Kier alpha value is -0.913. The van der Waals surface area contributed by atoms with E-state index in [2.05, 4.69) is 79.4 Å². The number of carbonyl (C=O) groups excluding carboxylic acids is 1. The molecule has 4 rings (SSSR count). The molecule has 1 saturated carbocycles.